The first-order valence-corrected chi connectivity index (χ1v) is 6.60. The molecule has 1 rings (SSSR count). The number of hydrogen-bond acceptors (Lipinski definition) is 2. The van der Waals surface area contributed by atoms with E-state index in [0.29, 0.717) is 17.4 Å². The molecular weight excluding hydrogens is 248 g/mol. The highest BCUT2D eigenvalue weighted by molar-refractivity contribution is 6.31. The van der Waals surface area contributed by atoms with E-state index >= 15 is 0 Å². The molecule has 2 atom stereocenters. The normalized spacial score (nSPS) is 14.3. The highest BCUT2D eigenvalue weighted by Gasteiger charge is 2.18. The first kappa shape index (κ1) is 15.0. The fourth-order valence-corrected chi connectivity index (χ4v) is 2.14. The van der Waals surface area contributed by atoms with Crippen LogP contribution in [0, 0.1) is 5.92 Å². The van der Waals surface area contributed by atoms with Crippen molar-refractivity contribution in [1.29, 1.82) is 0 Å². The molecule has 0 fully saturated rings. The molecule has 1 aromatic rings. The molecule has 0 saturated heterocycles. The summed E-state index contributed by atoms with van der Waals surface area (Å²) in [7, 11) is 0. The third-order valence-electron chi connectivity index (χ3n) is 2.79. The summed E-state index contributed by atoms with van der Waals surface area (Å²) in [5.74, 6) is 0.275. The maximum atomic E-state index is 11.9. The van der Waals surface area contributed by atoms with Crippen LogP contribution in [0.4, 0.5) is 0 Å². The Bertz CT molecular complexity index is 407. The Morgan fingerprint density at radius 3 is 2.50 bits per heavy atom. The van der Waals surface area contributed by atoms with Gasteiger partial charge in [-0.2, -0.15) is 0 Å². The Morgan fingerprint density at radius 1 is 1.33 bits per heavy atom. The molecule has 0 aliphatic rings. The minimum absolute atomic E-state index is 0.129. The van der Waals surface area contributed by atoms with Gasteiger partial charge in [0, 0.05) is 5.02 Å². The number of nitrogens with one attached hydrogen (secondary N) is 1. The highest BCUT2D eigenvalue weighted by atomic mass is 35.5. The lowest BCUT2D eigenvalue weighted by molar-refractivity contribution is -0.123. The van der Waals surface area contributed by atoms with E-state index in [1.54, 1.807) is 0 Å². The number of carbonyl (C=O) groups excluding carboxylic acids is 1. The molecule has 3 N–H and O–H groups in total. The predicted molar refractivity (Wildman–Crippen MR) is 75.4 cm³/mol. The average Bonchev–Trinajstić information content (AvgIpc) is 2.28. The maximum absolute atomic E-state index is 11.9. The van der Waals surface area contributed by atoms with Gasteiger partial charge in [0.1, 0.15) is 0 Å². The third-order valence-corrected chi connectivity index (χ3v) is 3.14. The molecule has 0 saturated carbocycles. The first-order valence-electron chi connectivity index (χ1n) is 6.22. The number of nitrogens with two attached hydrogens (primary N) is 1. The van der Waals surface area contributed by atoms with Crippen molar-refractivity contribution < 1.29 is 4.79 Å². The van der Waals surface area contributed by atoms with Crippen LogP contribution in [0.5, 0.6) is 0 Å². The lowest BCUT2D eigenvalue weighted by Gasteiger charge is -2.19. The van der Waals surface area contributed by atoms with E-state index in [1.165, 1.54) is 0 Å². The molecule has 0 heterocycles. The maximum Gasteiger partial charge on any atom is 0.237 e. The smallest absolute Gasteiger partial charge is 0.237 e. The van der Waals surface area contributed by atoms with Gasteiger partial charge in [0.15, 0.2) is 0 Å². The number of carbonyl (C=O) groups is 1. The van der Waals surface area contributed by atoms with Crippen molar-refractivity contribution in [2.75, 3.05) is 0 Å². The SMILES string of the molecule is CC(C)CC(N)C(=O)NC(C)c1ccccc1Cl. The minimum atomic E-state index is -0.463. The molecule has 100 valence electrons. The minimum Gasteiger partial charge on any atom is -0.348 e. The van der Waals surface area contributed by atoms with E-state index < -0.39 is 6.04 Å². The van der Waals surface area contributed by atoms with Crippen LogP contribution in [0.2, 0.25) is 5.02 Å². The van der Waals surface area contributed by atoms with E-state index in [2.05, 4.69) is 5.32 Å². The third kappa shape index (κ3) is 4.31. The quantitative estimate of drug-likeness (QED) is 0.863. The molecular formula is C14H21ClN2O. The zero-order valence-corrected chi connectivity index (χ0v) is 11.9. The van der Waals surface area contributed by atoms with Gasteiger partial charge in [-0.15, -0.1) is 0 Å². The molecule has 2 unspecified atom stereocenters. The molecule has 1 amide bonds. The van der Waals surface area contributed by atoms with Crippen LogP contribution in [-0.4, -0.2) is 11.9 Å². The number of benzene rings is 1. The predicted octanol–water partition coefficient (Wildman–Crippen LogP) is 2.89. The summed E-state index contributed by atoms with van der Waals surface area (Å²) in [5.41, 5.74) is 6.74. The second kappa shape index (κ2) is 6.76. The van der Waals surface area contributed by atoms with Gasteiger partial charge in [0.05, 0.1) is 12.1 Å². The van der Waals surface area contributed by atoms with Gasteiger partial charge in [-0.3, -0.25) is 4.79 Å². The van der Waals surface area contributed by atoms with Crippen LogP contribution < -0.4 is 11.1 Å². The monoisotopic (exact) mass is 268 g/mol. The number of amides is 1. The van der Waals surface area contributed by atoms with Crippen molar-refractivity contribution in [3.05, 3.63) is 34.9 Å². The summed E-state index contributed by atoms with van der Waals surface area (Å²) in [6.45, 7) is 6.00. The summed E-state index contributed by atoms with van der Waals surface area (Å²) < 4.78 is 0. The van der Waals surface area contributed by atoms with Crippen molar-refractivity contribution in [2.45, 2.75) is 39.3 Å². The highest BCUT2D eigenvalue weighted by Crippen LogP contribution is 2.22. The summed E-state index contributed by atoms with van der Waals surface area (Å²) in [4.78, 5) is 11.9. The summed E-state index contributed by atoms with van der Waals surface area (Å²) >= 11 is 6.08. The van der Waals surface area contributed by atoms with Crippen molar-refractivity contribution in [2.24, 2.45) is 11.7 Å². The van der Waals surface area contributed by atoms with Crippen molar-refractivity contribution >= 4 is 17.5 Å². The molecule has 4 heteroatoms. The van der Waals surface area contributed by atoms with Gasteiger partial charge in [-0.1, -0.05) is 43.6 Å². The molecule has 1 aromatic carbocycles. The summed E-state index contributed by atoms with van der Waals surface area (Å²) in [5, 5.41) is 3.55. The van der Waals surface area contributed by atoms with Gasteiger partial charge in [-0.05, 0) is 30.9 Å². The Labute approximate surface area is 114 Å². The number of halogens is 1. The molecule has 0 aliphatic heterocycles. The van der Waals surface area contributed by atoms with Gasteiger partial charge in [0.2, 0.25) is 5.91 Å². The fraction of sp³-hybridized carbons (Fsp3) is 0.500. The van der Waals surface area contributed by atoms with Gasteiger partial charge < -0.3 is 11.1 Å². The van der Waals surface area contributed by atoms with Crippen molar-refractivity contribution in [3.8, 4) is 0 Å². The van der Waals surface area contributed by atoms with E-state index in [0.717, 1.165) is 5.56 Å². The standard InChI is InChI=1S/C14H21ClN2O/c1-9(2)8-13(16)14(18)17-10(3)11-6-4-5-7-12(11)15/h4-7,9-10,13H,8,16H2,1-3H3,(H,17,18). The van der Waals surface area contributed by atoms with Crippen LogP contribution in [-0.2, 0) is 4.79 Å². The molecule has 0 radical (unpaired) electrons. The fourth-order valence-electron chi connectivity index (χ4n) is 1.84. The number of rotatable bonds is 5. The lowest BCUT2D eigenvalue weighted by atomic mass is 10.0. The molecule has 0 bridgehead atoms. The van der Waals surface area contributed by atoms with Crippen LogP contribution in [0.1, 0.15) is 38.8 Å². The zero-order valence-electron chi connectivity index (χ0n) is 11.1. The Balaban J connectivity index is 2.62. The van der Waals surface area contributed by atoms with Gasteiger partial charge in [0.25, 0.3) is 0 Å². The van der Waals surface area contributed by atoms with Gasteiger partial charge in [-0.25, -0.2) is 0 Å². The Morgan fingerprint density at radius 2 is 1.94 bits per heavy atom. The largest absolute Gasteiger partial charge is 0.348 e. The molecule has 18 heavy (non-hydrogen) atoms. The summed E-state index contributed by atoms with van der Waals surface area (Å²) in [6, 6.07) is 6.89. The topological polar surface area (TPSA) is 55.1 Å². The molecule has 0 aliphatic carbocycles. The molecule has 0 spiro atoms. The van der Waals surface area contributed by atoms with Crippen LogP contribution in [0.15, 0.2) is 24.3 Å². The lowest BCUT2D eigenvalue weighted by Crippen LogP contribution is -2.42. The average molecular weight is 269 g/mol. The Hall–Kier alpha value is -1.06. The Kier molecular flexibility index (Phi) is 5.63. The van der Waals surface area contributed by atoms with Crippen molar-refractivity contribution in [1.82, 2.24) is 5.32 Å². The van der Waals surface area contributed by atoms with E-state index in [4.69, 9.17) is 17.3 Å². The van der Waals surface area contributed by atoms with E-state index in [-0.39, 0.29) is 11.9 Å². The first-order chi connectivity index (χ1) is 8.41. The molecule has 0 aromatic heterocycles. The summed E-state index contributed by atoms with van der Waals surface area (Å²) in [6.07, 6.45) is 0.682. The number of hydrogen-bond donors (Lipinski definition) is 2. The van der Waals surface area contributed by atoms with E-state index in [1.807, 2.05) is 45.0 Å². The second-order valence-electron chi connectivity index (χ2n) is 4.99. The van der Waals surface area contributed by atoms with Crippen LogP contribution in [0.25, 0.3) is 0 Å². The van der Waals surface area contributed by atoms with Crippen LogP contribution in [0.3, 0.4) is 0 Å². The molecule has 3 nitrogen and oxygen atoms in total. The van der Waals surface area contributed by atoms with Crippen molar-refractivity contribution in [3.63, 3.8) is 0 Å². The van der Waals surface area contributed by atoms with Gasteiger partial charge >= 0.3 is 0 Å². The van der Waals surface area contributed by atoms with Crippen LogP contribution >= 0.6 is 11.6 Å². The van der Waals surface area contributed by atoms with E-state index in [9.17, 15) is 4.79 Å². The second-order valence-corrected chi connectivity index (χ2v) is 5.40. The zero-order chi connectivity index (χ0) is 13.7.